The van der Waals surface area contributed by atoms with Gasteiger partial charge in [0.25, 0.3) is 5.56 Å². The number of nitrogens with one attached hydrogen (secondary N) is 2. The van der Waals surface area contributed by atoms with E-state index in [1.165, 1.54) is 17.7 Å². The molecule has 0 aliphatic carbocycles. The van der Waals surface area contributed by atoms with Gasteiger partial charge >= 0.3 is 65.1 Å². The average Bonchev–Trinajstić information content (AvgIpc) is 2.80. The van der Waals surface area contributed by atoms with Gasteiger partial charge in [0.2, 0.25) is 0 Å². The zero-order chi connectivity index (χ0) is 25.0. The smallest absolute Gasteiger partial charge is 0.871 e. The zero-order valence-corrected chi connectivity index (χ0v) is 25.3. The van der Waals surface area contributed by atoms with Gasteiger partial charge in [-0.2, -0.15) is 0 Å². The molecule has 178 valence electrons. The summed E-state index contributed by atoms with van der Waals surface area (Å²) in [5, 5.41) is 28.4. The fourth-order valence-electron chi connectivity index (χ4n) is 3.59. The topological polar surface area (TPSA) is 136 Å². The van der Waals surface area contributed by atoms with E-state index < -0.39 is 41.5 Å². The number of ether oxygens (including phenoxy) is 1. The van der Waals surface area contributed by atoms with E-state index in [9.17, 15) is 24.6 Å². The number of methoxy groups -OCH3 is 1. The number of benzene rings is 2. The quantitative estimate of drug-likeness (QED) is 0.310. The SMILES string of the molecule is COc1cccc(-c2cc([C@H](CC(=O)[O-])NC(=O)Nc3c([O-])cc(C)n(C)c3=O)ccc2C)c1.[Na+].[Na+]. The van der Waals surface area contributed by atoms with Crippen molar-refractivity contribution in [3.05, 3.63) is 75.7 Å². The zero-order valence-electron chi connectivity index (χ0n) is 21.3. The van der Waals surface area contributed by atoms with Gasteiger partial charge in [-0.25, -0.2) is 4.79 Å². The molecule has 9 nitrogen and oxygen atoms in total. The van der Waals surface area contributed by atoms with Crippen LogP contribution in [0.5, 0.6) is 11.5 Å². The first kappa shape index (κ1) is 31.8. The number of rotatable bonds is 7. The number of carbonyl (C=O) groups excluding carboxylic acids is 2. The number of amides is 2. The van der Waals surface area contributed by atoms with Crippen LogP contribution in [0.15, 0.2) is 53.3 Å². The monoisotopic (exact) mass is 509 g/mol. The second-order valence-corrected chi connectivity index (χ2v) is 7.92. The van der Waals surface area contributed by atoms with Gasteiger partial charge in [0.05, 0.1) is 13.2 Å². The summed E-state index contributed by atoms with van der Waals surface area (Å²) in [6.45, 7) is 3.51. The molecule has 36 heavy (non-hydrogen) atoms. The van der Waals surface area contributed by atoms with Crippen LogP contribution >= 0.6 is 0 Å². The van der Waals surface area contributed by atoms with Crippen molar-refractivity contribution in [1.82, 2.24) is 9.88 Å². The van der Waals surface area contributed by atoms with Crippen molar-refractivity contribution in [2.45, 2.75) is 26.3 Å². The van der Waals surface area contributed by atoms with E-state index >= 15 is 0 Å². The number of aliphatic carboxylic acids is 1. The molecule has 0 spiro atoms. The normalized spacial score (nSPS) is 10.9. The summed E-state index contributed by atoms with van der Waals surface area (Å²) in [6.07, 6.45) is -0.510. The molecule has 1 heterocycles. The third-order valence-corrected chi connectivity index (χ3v) is 5.59. The standard InChI is InChI=1S/C25H27N3O6.2Na/c1-14-8-9-17(12-19(14)16-6-5-7-18(11-16)34-4)20(13-22(30)31)26-25(33)27-23-21(29)10-15(2)28(3)24(23)32;;/h5-12,20,29H,13H2,1-4H3,(H,30,31)(H2,26,27,33);;/q;2*+1/p-2/t20-;;/m0../s1. The Bertz CT molecular complexity index is 1310. The minimum atomic E-state index is -1.37. The number of hydrogen-bond acceptors (Lipinski definition) is 6. The van der Waals surface area contributed by atoms with Gasteiger partial charge in [0.1, 0.15) is 11.4 Å². The summed E-state index contributed by atoms with van der Waals surface area (Å²) in [5.41, 5.74) is 2.51. The van der Waals surface area contributed by atoms with Crippen LogP contribution in [0.4, 0.5) is 10.5 Å². The molecule has 1 aromatic heterocycles. The fraction of sp³-hybridized carbons (Fsp3) is 0.240. The average molecular weight is 509 g/mol. The Morgan fingerprint density at radius 2 is 1.78 bits per heavy atom. The third kappa shape index (κ3) is 7.61. The van der Waals surface area contributed by atoms with Gasteiger partial charge in [-0.05, 0) is 60.4 Å². The molecule has 3 aromatic rings. The minimum Gasteiger partial charge on any atom is -0.871 e. The summed E-state index contributed by atoms with van der Waals surface area (Å²) in [4.78, 5) is 36.4. The second kappa shape index (κ2) is 13.9. The molecule has 0 fully saturated rings. The van der Waals surface area contributed by atoms with Crippen LogP contribution in [0.2, 0.25) is 0 Å². The number of aromatic nitrogens is 1. The number of aryl methyl sites for hydroxylation is 2. The minimum absolute atomic E-state index is 0. The number of hydrogen-bond donors (Lipinski definition) is 2. The molecule has 0 saturated heterocycles. The Labute approximate surface area is 253 Å². The van der Waals surface area contributed by atoms with Crippen molar-refractivity contribution >= 4 is 17.7 Å². The predicted octanol–water partition coefficient (Wildman–Crippen LogP) is -4.24. The van der Waals surface area contributed by atoms with Gasteiger partial charge in [0.15, 0.2) is 0 Å². The van der Waals surface area contributed by atoms with Gasteiger partial charge in [-0.15, -0.1) is 0 Å². The molecule has 0 radical (unpaired) electrons. The van der Waals surface area contributed by atoms with Crippen LogP contribution in [0.1, 0.15) is 29.3 Å². The van der Waals surface area contributed by atoms with Crippen LogP contribution in [-0.2, 0) is 11.8 Å². The van der Waals surface area contributed by atoms with E-state index in [2.05, 4.69) is 10.6 Å². The van der Waals surface area contributed by atoms with E-state index in [4.69, 9.17) is 4.74 Å². The molecule has 0 aliphatic rings. The second-order valence-electron chi connectivity index (χ2n) is 7.92. The van der Waals surface area contributed by atoms with Crippen molar-refractivity contribution in [3.63, 3.8) is 0 Å². The van der Waals surface area contributed by atoms with Crippen LogP contribution in [0.25, 0.3) is 11.1 Å². The predicted molar refractivity (Wildman–Crippen MR) is 124 cm³/mol. The van der Waals surface area contributed by atoms with E-state index in [0.717, 1.165) is 16.7 Å². The first-order valence-corrected chi connectivity index (χ1v) is 10.5. The van der Waals surface area contributed by atoms with E-state index in [0.29, 0.717) is 17.0 Å². The third-order valence-electron chi connectivity index (χ3n) is 5.59. The largest absolute Gasteiger partial charge is 1.00 e. The molecular weight excluding hydrogens is 484 g/mol. The summed E-state index contributed by atoms with van der Waals surface area (Å²) in [6, 6.07) is 12.1. The Morgan fingerprint density at radius 3 is 2.42 bits per heavy atom. The number of carbonyl (C=O) groups is 2. The van der Waals surface area contributed by atoms with Crippen LogP contribution in [-0.4, -0.2) is 23.7 Å². The van der Waals surface area contributed by atoms with Crippen molar-refractivity contribution in [2.75, 3.05) is 12.4 Å². The van der Waals surface area contributed by atoms with Crippen molar-refractivity contribution in [1.29, 1.82) is 0 Å². The molecule has 0 saturated carbocycles. The number of carboxylic acids is 1. The van der Waals surface area contributed by atoms with Crippen molar-refractivity contribution < 1.29 is 83.7 Å². The molecule has 2 aromatic carbocycles. The number of carboxylic acid groups (broad SMARTS) is 1. The first-order valence-electron chi connectivity index (χ1n) is 10.5. The number of anilines is 1. The molecule has 2 amide bonds. The van der Waals surface area contributed by atoms with Gasteiger partial charge in [-0.1, -0.05) is 30.0 Å². The molecule has 0 unspecified atom stereocenters. The van der Waals surface area contributed by atoms with Gasteiger partial charge < -0.3 is 34.9 Å². The Balaban J connectivity index is 0.00000324. The Kier molecular flexibility index (Phi) is 12.2. The van der Waals surface area contributed by atoms with Crippen LogP contribution in [0, 0.1) is 13.8 Å². The molecule has 11 heteroatoms. The van der Waals surface area contributed by atoms with Gasteiger partial charge in [0, 0.05) is 25.1 Å². The maximum atomic E-state index is 12.6. The van der Waals surface area contributed by atoms with Crippen molar-refractivity contribution in [2.24, 2.45) is 7.05 Å². The van der Waals surface area contributed by atoms with E-state index in [-0.39, 0.29) is 59.1 Å². The number of urea groups is 1. The fourth-order valence-corrected chi connectivity index (χ4v) is 3.59. The maximum Gasteiger partial charge on any atom is 1.00 e. The molecule has 2 N–H and O–H groups in total. The molecule has 0 bridgehead atoms. The number of nitrogens with zero attached hydrogens (tertiary/aromatic N) is 1. The van der Waals surface area contributed by atoms with Crippen LogP contribution < -0.4 is 90.3 Å². The summed E-state index contributed by atoms with van der Waals surface area (Å²) < 4.78 is 6.52. The Hall–Kier alpha value is -2.27. The van der Waals surface area contributed by atoms with E-state index in [1.54, 1.807) is 26.2 Å². The maximum absolute atomic E-state index is 12.6. The molecule has 1 atom stereocenters. The summed E-state index contributed by atoms with van der Waals surface area (Å²) in [7, 11) is 3.04. The van der Waals surface area contributed by atoms with Crippen molar-refractivity contribution in [3.8, 4) is 22.6 Å². The summed E-state index contributed by atoms with van der Waals surface area (Å²) in [5.74, 6) is -1.34. The first-order chi connectivity index (χ1) is 16.1. The van der Waals surface area contributed by atoms with Gasteiger partial charge in [-0.3, -0.25) is 4.79 Å². The molecular formula is C25H25N3Na2O6. The van der Waals surface area contributed by atoms with Crippen LogP contribution in [0.3, 0.4) is 0 Å². The Morgan fingerprint density at radius 1 is 1.08 bits per heavy atom. The molecule has 3 rings (SSSR count). The van der Waals surface area contributed by atoms with E-state index in [1.807, 2.05) is 37.3 Å². The molecule has 0 aliphatic heterocycles. The number of pyridine rings is 1. The summed E-state index contributed by atoms with van der Waals surface area (Å²) >= 11 is 0.